The molecule has 1 fully saturated rings. The SMILES string of the molecule is Cc1ccc(-n2nc(C(=O)NC3CCNCC3)c3c2CCC3)cc1. The van der Waals surface area contributed by atoms with Gasteiger partial charge in [-0.1, -0.05) is 17.7 Å². The lowest BCUT2D eigenvalue weighted by Gasteiger charge is -2.23. The molecular weight excluding hydrogens is 300 g/mol. The van der Waals surface area contributed by atoms with Crippen LogP contribution in [0.4, 0.5) is 0 Å². The number of carbonyl (C=O) groups is 1. The Morgan fingerprint density at radius 2 is 1.96 bits per heavy atom. The fourth-order valence-corrected chi connectivity index (χ4v) is 3.74. The fraction of sp³-hybridized carbons (Fsp3) is 0.474. The number of piperidine rings is 1. The van der Waals surface area contributed by atoms with Gasteiger partial charge in [0.15, 0.2) is 5.69 Å². The molecule has 126 valence electrons. The van der Waals surface area contributed by atoms with Crippen LogP contribution in [-0.4, -0.2) is 34.8 Å². The minimum atomic E-state index is -0.00842. The highest BCUT2D eigenvalue weighted by Gasteiger charge is 2.28. The Balaban J connectivity index is 1.63. The summed E-state index contributed by atoms with van der Waals surface area (Å²) in [5, 5.41) is 11.2. The van der Waals surface area contributed by atoms with E-state index >= 15 is 0 Å². The van der Waals surface area contributed by atoms with Crippen molar-refractivity contribution in [2.24, 2.45) is 0 Å². The molecule has 1 aromatic heterocycles. The van der Waals surface area contributed by atoms with Crippen molar-refractivity contribution in [1.82, 2.24) is 20.4 Å². The third-order valence-corrected chi connectivity index (χ3v) is 5.10. The Morgan fingerprint density at radius 3 is 2.71 bits per heavy atom. The highest BCUT2D eigenvalue weighted by atomic mass is 16.2. The first kappa shape index (κ1) is 15.4. The van der Waals surface area contributed by atoms with Crippen LogP contribution in [0, 0.1) is 6.92 Å². The van der Waals surface area contributed by atoms with E-state index in [0.29, 0.717) is 5.69 Å². The van der Waals surface area contributed by atoms with E-state index in [4.69, 9.17) is 0 Å². The Labute approximate surface area is 142 Å². The van der Waals surface area contributed by atoms with E-state index < -0.39 is 0 Å². The zero-order valence-electron chi connectivity index (χ0n) is 14.1. The standard InChI is InChI=1S/C19H24N4O/c1-13-5-7-15(8-6-13)23-17-4-2-3-16(17)18(22-23)19(24)21-14-9-11-20-12-10-14/h5-8,14,20H,2-4,9-12H2,1H3,(H,21,24). The molecule has 2 aliphatic rings. The first-order chi connectivity index (χ1) is 11.7. The van der Waals surface area contributed by atoms with Crippen molar-refractivity contribution in [2.45, 2.75) is 45.1 Å². The van der Waals surface area contributed by atoms with Gasteiger partial charge in [-0.15, -0.1) is 0 Å². The van der Waals surface area contributed by atoms with Gasteiger partial charge in [0.2, 0.25) is 0 Å². The maximum Gasteiger partial charge on any atom is 0.272 e. The van der Waals surface area contributed by atoms with Crippen LogP contribution in [-0.2, 0) is 12.8 Å². The third kappa shape index (κ3) is 2.84. The lowest BCUT2D eigenvalue weighted by atomic mass is 10.1. The van der Waals surface area contributed by atoms with Crippen LogP contribution in [0.2, 0.25) is 0 Å². The molecule has 1 saturated heterocycles. The van der Waals surface area contributed by atoms with E-state index in [2.05, 4.69) is 46.9 Å². The van der Waals surface area contributed by atoms with Crippen LogP contribution < -0.4 is 10.6 Å². The minimum Gasteiger partial charge on any atom is -0.348 e. The monoisotopic (exact) mass is 324 g/mol. The average Bonchev–Trinajstić information content (AvgIpc) is 3.19. The molecule has 1 aliphatic heterocycles. The Kier molecular flexibility index (Phi) is 4.10. The van der Waals surface area contributed by atoms with Crippen LogP contribution in [0.15, 0.2) is 24.3 Å². The molecular formula is C19H24N4O. The van der Waals surface area contributed by atoms with Gasteiger partial charge < -0.3 is 10.6 Å². The zero-order chi connectivity index (χ0) is 16.5. The van der Waals surface area contributed by atoms with Crippen LogP contribution in [0.1, 0.15) is 46.6 Å². The Bertz CT molecular complexity index is 741. The van der Waals surface area contributed by atoms with Gasteiger partial charge in [0.05, 0.1) is 5.69 Å². The number of nitrogens with zero attached hydrogens (tertiary/aromatic N) is 2. The molecule has 4 rings (SSSR count). The number of aryl methyl sites for hydroxylation is 1. The second kappa shape index (κ2) is 6.40. The normalized spacial score (nSPS) is 17.7. The van der Waals surface area contributed by atoms with Crippen molar-refractivity contribution >= 4 is 5.91 Å². The van der Waals surface area contributed by atoms with Gasteiger partial charge in [0.1, 0.15) is 0 Å². The molecule has 0 unspecified atom stereocenters. The Morgan fingerprint density at radius 1 is 1.21 bits per heavy atom. The summed E-state index contributed by atoms with van der Waals surface area (Å²) in [5.41, 5.74) is 5.24. The van der Waals surface area contributed by atoms with Crippen LogP contribution in [0.3, 0.4) is 0 Å². The number of hydrogen-bond acceptors (Lipinski definition) is 3. The van der Waals surface area contributed by atoms with Crippen molar-refractivity contribution in [2.75, 3.05) is 13.1 Å². The smallest absolute Gasteiger partial charge is 0.272 e. The number of benzene rings is 1. The summed E-state index contributed by atoms with van der Waals surface area (Å²) in [6.45, 7) is 4.02. The number of nitrogens with one attached hydrogen (secondary N) is 2. The molecule has 24 heavy (non-hydrogen) atoms. The molecule has 5 nitrogen and oxygen atoms in total. The molecule has 2 heterocycles. The maximum absolute atomic E-state index is 12.8. The molecule has 1 amide bonds. The maximum atomic E-state index is 12.8. The molecule has 1 aromatic carbocycles. The summed E-state index contributed by atoms with van der Waals surface area (Å²) in [7, 11) is 0. The molecule has 1 aliphatic carbocycles. The van der Waals surface area contributed by atoms with E-state index in [1.165, 1.54) is 11.3 Å². The van der Waals surface area contributed by atoms with Gasteiger partial charge in [-0.25, -0.2) is 4.68 Å². The number of aromatic nitrogens is 2. The lowest BCUT2D eigenvalue weighted by molar-refractivity contribution is 0.0923. The van der Waals surface area contributed by atoms with Crippen molar-refractivity contribution < 1.29 is 4.79 Å². The van der Waals surface area contributed by atoms with Gasteiger partial charge in [-0.2, -0.15) is 5.10 Å². The lowest BCUT2D eigenvalue weighted by Crippen LogP contribution is -2.43. The first-order valence-corrected chi connectivity index (χ1v) is 8.92. The highest BCUT2D eigenvalue weighted by molar-refractivity contribution is 5.94. The van der Waals surface area contributed by atoms with Gasteiger partial charge in [-0.05, 0) is 64.3 Å². The summed E-state index contributed by atoms with van der Waals surface area (Å²) in [4.78, 5) is 12.8. The molecule has 0 bridgehead atoms. The van der Waals surface area contributed by atoms with Gasteiger partial charge in [0, 0.05) is 17.3 Å². The quantitative estimate of drug-likeness (QED) is 0.909. The van der Waals surface area contributed by atoms with Crippen molar-refractivity contribution in [3.8, 4) is 5.69 Å². The number of rotatable bonds is 3. The summed E-state index contributed by atoms with van der Waals surface area (Å²) in [6.07, 6.45) is 5.04. The topological polar surface area (TPSA) is 59.0 Å². The summed E-state index contributed by atoms with van der Waals surface area (Å²) >= 11 is 0. The average molecular weight is 324 g/mol. The van der Waals surface area contributed by atoms with E-state index in [0.717, 1.165) is 56.4 Å². The molecule has 2 aromatic rings. The number of amides is 1. The predicted molar refractivity (Wildman–Crippen MR) is 93.7 cm³/mol. The molecule has 0 saturated carbocycles. The van der Waals surface area contributed by atoms with Crippen LogP contribution in [0.5, 0.6) is 0 Å². The van der Waals surface area contributed by atoms with E-state index in [1.54, 1.807) is 0 Å². The van der Waals surface area contributed by atoms with Crippen molar-refractivity contribution in [3.05, 3.63) is 46.8 Å². The van der Waals surface area contributed by atoms with Gasteiger partial charge in [0.25, 0.3) is 5.91 Å². The van der Waals surface area contributed by atoms with Gasteiger partial charge >= 0.3 is 0 Å². The predicted octanol–water partition coefficient (Wildman–Crippen LogP) is 2.15. The summed E-state index contributed by atoms with van der Waals surface area (Å²) < 4.78 is 1.97. The van der Waals surface area contributed by atoms with Crippen molar-refractivity contribution in [1.29, 1.82) is 0 Å². The van der Waals surface area contributed by atoms with Crippen LogP contribution >= 0.6 is 0 Å². The highest BCUT2D eigenvalue weighted by Crippen LogP contribution is 2.28. The summed E-state index contributed by atoms with van der Waals surface area (Å²) in [5.74, 6) is -0.00842. The number of hydrogen-bond donors (Lipinski definition) is 2. The van der Waals surface area contributed by atoms with Crippen molar-refractivity contribution in [3.63, 3.8) is 0 Å². The second-order valence-electron chi connectivity index (χ2n) is 6.87. The fourth-order valence-electron chi connectivity index (χ4n) is 3.74. The largest absolute Gasteiger partial charge is 0.348 e. The molecule has 0 spiro atoms. The molecule has 2 N–H and O–H groups in total. The number of carbonyl (C=O) groups excluding carboxylic acids is 1. The van der Waals surface area contributed by atoms with Crippen LogP contribution in [0.25, 0.3) is 5.69 Å². The number of fused-ring (bicyclic) bond motifs is 1. The molecule has 0 radical (unpaired) electrons. The van der Waals surface area contributed by atoms with E-state index in [1.807, 2.05) is 4.68 Å². The molecule has 0 atom stereocenters. The zero-order valence-corrected chi connectivity index (χ0v) is 14.1. The second-order valence-corrected chi connectivity index (χ2v) is 6.87. The molecule has 5 heteroatoms. The van der Waals surface area contributed by atoms with Gasteiger partial charge in [-0.3, -0.25) is 4.79 Å². The third-order valence-electron chi connectivity index (χ3n) is 5.10. The van der Waals surface area contributed by atoms with E-state index in [9.17, 15) is 4.79 Å². The van der Waals surface area contributed by atoms with E-state index in [-0.39, 0.29) is 11.9 Å². The summed E-state index contributed by atoms with van der Waals surface area (Å²) in [6, 6.07) is 8.60. The Hall–Kier alpha value is -2.14. The first-order valence-electron chi connectivity index (χ1n) is 8.92. The minimum absolute atomic E-state index is 0.00842.